The Balaban J connectivity index is 1.71. The molecule has 2 aromatic rings. The summed E-state index contributed by atoms with van der Waals surface area (Å²) < 4.78 is 37.9. The summed E-state index contributed by atoms with van der Waals surface area (Å²) in [6.45, 7) is 0.370. The first kappa shape index (κ1) is 18.9. The van der Waals surface area contributed by atoms with E-state index in [0.717, 1.165) is 17.7 Å². The number of amides is 1. The van der Waals surface area contributed by atoms with Crippen molar-refractivity contribution in [1.82, 2.24) is 4.90 Å². The number of carboxylic acid groups (broad SMARTS) is 1. The largest absolute Gasteiger partial charge is 0.481 e. The lowest BCUT2D eigenvalue weighted by molar-refractivity contribution is -0.142. The molecule has 2 atom stereocenters. The molecule has 27 heavy (non-hydrogen) atoms. The van der Waals surface area contributed by atoms with E-state index in [0.29, 0.717) is 5.56 Å². The molecule has 0 radical (unpaired) electrons. The number of hydrogen-bond donors (Lipinski definition) is 1. The minimum Gasteiger partial charge on any atom is -0.481 e. The minimum absolute atomic E-state index is 0.0635. The van der Waals surface area contributed by atoms with Crippen molar-refractivity contribution in [3.63, 3.8) is 0 Å². The fraction of sp³-hybridized carbons (Fsp3) is 0.300. The quantitative estimate of drug-likeness (QED) is 0.886. The Bertz CT molecular complexity index is 819. The fourth-order valence-electron chi connectivity index (χ4n) is 3.39. The zero-order chi connectivity index (χ0) is 19.6. The molecule has 1 N–H and O–H groups in total. The van der Waals surface area contributed by atoms with E-state index < -0.39 is 23.6 Å². The Morgan fingerprint density at radius 1 is 1.00 bits per heavy atom. The Hall–Kier alpha value is -2.83. The van der Waals surface area contributed by atoms with E-state index in [-0.39, 0.29) is 31.3 Å². The molecule has 3 rings (SSSR count). The van der Waals surface area contributed by atoms with Gasteiger partial charge in [0.05, 0.1) is 17.9 Å². The Morgan fingerprint density at radius 3 is 2.19 bits per heavy atom. The molecular formula is C20H18F3NO3. The number of carboxylic acids is 1. The first-order valence-corrected chi connectivity index (χ1v) is 8.47. The van der Waals surface area contributed by atoms with Gasteiger partial charge in [-0.15, -0.1) is 0 Å². The molecule has 142 valence electrons. The van der Waals surface area contributed by atoms with E-state index >= 15 is 0 Å². The minimum atomic E-state index is -4.42. The third-order valence-corrected chi connectivity index (χ3v) is 4.85. The molecule has 2 aromatic carbocycles. The van der Waals surface area contributed by atoms with Crippen molar-refractivity contribution in [3.05, 3.63) is 71.3 Å². The van der Waals surface area contributed by atoms with Crippen molar-refractivity contribution in [2.75, 3.05) is 13.1 Å². The lowest BCUT2D eigenvalue weighted by Crippen LogP contribution is -2.31. The Morgan fingerprint density at radius 2 is 1.63 bits per heavy atom. The van der Waals surface area contributed by atoms with Crippen LogP contribution < -0.4 is 0 Å². The van der Waals surface area contributed by atoms with Gasteiger partial charge in [-0.1, -0.05) is 42.5 Å². The highest BCUT2D eigenvalue weighted by Gasteiger charge is 2.40. The lowest BCUT2D eigenvalue weighted by Gasteiger charge is -2.17. The van der Waals surface area contributed by atoms with Crippen LogP contribution in [0.5, 0.6) is 0 Å². The summed E-state index contributed by atoms with van der Waals surface area (Å²) in [6, 6.07) is 13.6. The van der Waals surface area contributed by atoms with Crippen molar-refractivity contribution in [2.24, 2.45) is 5.92 Å². The van der Waals surface area contributed by atoms with Gasteiger partial charge in [-0.25, -0.2) is 0 Å². The number of alkyl halides is 3. The highest BCUT2D eigenvalue weighted by molar-refractivity contribution is 5.81. The number of halogens is 3. The molecule has 1 heterocycles. The average molecular weight is 377 g/mol. The summed E-state index contributed by atoms with van der Waals surface area (Å²) in [4.78, 5) is 25.6. The molecule has 0 aliphatic carbocycles. The van der Waals surface area contributed by atoms with Gasteiger partial charge in [0.1, 0.15) is 0 Å². The molecule has 0 unspecified atom stereocenters. The van der Waals surface area contributed by atoms with Crippen molar-refractivity contribution >= 4 is 11.9 Å². The topological polar surface area (TPSA) is 57.6 Å². The van der Waals surface area contributed by atoms with Crippen LogP contribution in [0.25, 0.3) is 0 Å². The summed E-state index contributed by atoms with van der Waals surface area (Å²) in [5, 5.41) is 9.50. The van der Waals surface area contributed by atoms with Crippen LogP contribution in [-0.2, 0) is 22.2 Å². The van der Waals surface area contributed by atoms with Gasteiger partial charge in [0.15, 0.2) is 0 Å². The Labute approximate surface area is 154 Å². The van der Waals surface area contributed by atoms with Gasteiger partial charge in [0.25, 0.3) is 0 Å². The molecular weight excluding hydrogens is 359 g/mol. The number of aliphatic carboxylic acids is 1. The summed E-state index contributed by atoms with van der Waals surface area (Å²) in [5.74, 6) is -2.27. The summed E-state index contributed by atoms with van der Waals surface area (Å²) in [6.07, 6.45) is -4.49. The summed E-state index contributed by atoms with van der Waals surface area (Å²) in [7, 11) is 0. The van der Waals surface area contributed by atoms with Gasteiger partial charge < -0.3 is 10.0 Å². The maximum atomic E-state index is 12.6. The van der Waals surface area contributed by atoms with E-state index in [1.54, 1.807) is 0 Å². The highest BCUT2D eigenvalue weighted by Crippen LogP contribution is 2.33. The van der Waals surface area contributed by atoms with Crippen LogP contribution >= 0.6 is 0 Å². The van der Waals surface area contributed by atoms with Crippen molar-refractivity contribution < 1.29 is 27.9 Å². The maximum absolute atomic E-state index is 12.6. The fourth-order valence-corrected chi connectivity index (χ4v) is 3.39. The first-order chi connectivity index (χ1) is 12.8. The zero-order valence-electron chi connectivity index (χ0n) is 14.3. The molecule has 0 saturated carbocycles. The van der Waals surface area contributed by atoms with Crippen LogP contribution in [0.1, 0.15) is 22.6 Å². The Kier molecular flexibility index (Phi) is 5.21. The van der Waals surface area contributed by atoms with Crippen LogP contribution in [-0.4, -0.2) is 35.0 Å². The third kappa shape index (κ3) is 4.30. The van der Waals surface area contributed by atoms with Crippen LogP contribution in [0, 0.1) is 5.92 Å². The second kappa shape index (κ2) is 7.42. The highest BCUT2D eigenvalue weighted by atomic mass is 19.4. The number of carbonyl (C=O) groups excluding carboxylic acids is 1. The monoisotopic (exact) mass is 377 g/mol. The van der Waals surface area contributed by atoms with Gasteiger partial charge in [-0.3, -0.25) is 9.59 Å². The van der Waals surface area contributed by atoms with Gasteiger partial charge in [0.2, 0.25) is 5.91 Å². The lowest BCUT2D eigenvalue weighted by atomic mass is 9.89. The van der Waals surface area contributed by atoms with Crippen LogP contribution in [0.3, 0.4) is 0 Å². The van der Waals surface area contributed by atoms with Gasteiger partial charge in [-0.05, 0) is 23.3 Å². The zero-order valence-corrected chi connectivity index (χ0v) is 14.3. The van der Waals surface area contributed by atoms with E-state index in [2.05, 4.69) is 0 Å². The van der Waals surface area contributed by atoms with Gasteiger partial charge in [-0.2, -0.15) is 13.2 Å². The number of benzene rings is 2. The normalized spacial score (nSPS) is 19.9. The first-order valence-electron chi connectivity index (χ1n) is 8.47. The molecule has 1 aliphatic heterocycles. The number of nitrogens with zero attached hydrogens (tertiary/aromatic N) is 1. The van der Waals surface area contributed by atoms with Crippen molar-refractivity contribution in [1.29, 1.82) is 0 Å². The molecule has 4 nitrogen and oxygen atoms in total. The molecule has 0 bridgehead atoms. The standard InChI is InChI=1S/C20H18F3NO3/c21-20(22,23)15-8-6-13(7-9-15)10-18(25)24-11-16(17(12-24)19(26)27)14-4-2-1-3-5-14/h1-9,16-17H,10-12H2,(H,26,27)/t16-,17-/m1/s1. The van der Waals surface area contributed by atoms with Crippen LogP contribution in [0.4, 0.5) is 13.2 Å². The number of carbonyl (C=O) groups is 2. The third-order valence-electron chi connectivity index (χ3n) is 4.85. The number of hydrogen-bond acceptors (Lipinski definition) is 2. The van der Waals surface area contributed by atoms with E-state index in [1.807, 2.05) is 30.3 Å². The van der Waals surface area contributed by atoms with Crippen molar-refractivity contribution in [3.8, 4) is 0 Å². The van der Waals surface area contributed by atoms with E-state index in [1.165, 1.54) is 17.0 Å². The SMILES string of the molecule is O=C(O)[C@@H]1CN(C(=O)Cc2ccc(C(F)(F)F)cc2)C[C@@H]1c1ccccc1. The average Bonchev–Trinajstić information content (AvgIpc) is 3.08. The van der Waals surface area contributed by atoms with Crippen LogP contribution in [0.15, 0.2) is 54.6 Å². The maximum Gasteiger partial charge on any atom is 0.416 e. The number of rotatable bonds is 4. The predicted molar refractivity (Wildman–Crippen MR) is 92.0 cm³/mol. The van der Waals surface area contributed by atoms with Crippen LogP contribution in [0.2, 0.25) is 0 Å². The second-order valence-electron chi connectivity index (χ2n) is 6.63. The molecule has 1 saturated heterocycles. The van der Waals surface area contributed by atoms with E-state index in [9.17, 15) is 27.9 Å². The smallest absolute Gasteiger partial charge is 0.416 e. The number of likely N-dealkylation sites (tertiary alicyclic amines) is 1. The predicted octanol–water partition coefficient (Wildman–Crippen LogP) is 3.57. The molecule has 7 heteroatoms. The summed E-state index contributed by atoms with van der Waals surface area (Å²) in [5.41, 5.74) is 0.549. The molecule has 0 spiro atoms. The van der Waals surface area contributed by atoms with Crippen molar-refractivity contribution in [2.45, 2.75) is 18.5 Å². The molecule has 1 amide bonds. The molecule has 1 fully saturated rings. The molecule has 1 aliphatic rings. The van der Waals surface area contributed by atoms with E-state index in [4.69, 9.17) is 0 Å². The molecule has 0 aromatic heterocycles. The summed E-state index contributed by atoms with van der Waals surface area (Å²) >= 11 is 0. The van der Waals surface area contributed by atoms with Gasteiger partial charge >= 0.3 is 12.1 Å². The second-order valence-corrected chi connectivity index (χ2v) is 6.63. The van der Waals surface area contributed by atoms with Gasteiger partial charge in [0, 0.05) is 19.0 Å².